The minimum atomic E-state index is -0.364. The fraction of sp³-hybridized carbons (Fsp3) is 0.364. The summed E-state index contributed by atoms with van der Waals surface area (Å²) in [6, 6.07) is 5.07. The van der Waals surface area contributed by atoms with Crippen molar-refractivity contribution in [2.24, 2.45) is 0 Å². The van der Waals surface area contributed by atoms with Gasteiger partial charge in [0, 0.05) is 17.8 Å². The number of rotatable bonds is 3. The van der Waals surface area contributed by atoms with Crippen LogP contribution in [0.4, 0.5) is 5.69 Å². The van der Waals surface area contributed by atoms with Crippen LogP contribution in [-0.4, -0.2) is 19.1 Å². The highest BCUT2D eigenvalue weighted by Crippen LogP contribution is 2.21. The monoisotopic (exact) mass is 227 g/mol. The van der Waals surface area contributed by atoms with Crippen molar-refractivity contribution < 1.29 is 9.53 Å². The molecule has 1 aromatic carbocycles. The van der Waals surface area contributed by atoms with E-state index in [-0.39, 0.29) is 12.1 Å². The lowest BCUT2D eigenvalue weighted by Gasteiger charge is -2.11. The molecule has 3 nitrogen and oxygen atoms in total. The molecule has 0 aliphatic rings. The van der Waals surface area contributed by atoms with E-state index in [0.717, 1.165) is 0 Å². The van der Waals surface area contributed by atoms with E-state index >= 15 is 0 Å². The number of halogens is 1. The molecule has 15 heavy (non-hydrogen) atoms. The van der Waals surface area contributed by atoms with Gasteiger partial charge in [0.1, 0.15) is 0 Å². The maximum atomic E-state index is 11.7. The van der Waals surface area contributed by atoms with Gasteiger partial charge in [0.05, 0.1) is 11.7 Å². The summed E-state index contributed by atoms with van der Waals surface area (Å²) in [4.78, 5) is 11.7. The van der Waals surface area contributed by atoms with Crippen molar-refractivity contribution >= 4 is 23.3 Å². The maximum Gasteiger partial charge on any atom is 0.340 e. The first-order chi connectivity index (χ1) is 7.04. The molecular weight excluding hydrogens is 214 g/mol. The number of nitrogens with one attached hydrogen (secondary N) is 1. The molecule has 1 rings (SSSR count). The van der Waals surface area contributed by atoms with E-state index in [0.29, 0.717) is 16.3 Å². The Kier molecular flexibility index (Phi) is 3.97. The second kappa shape index (κ2) is 5.03. The zero-order chi connectivity index (χ0) is 11.4. The molecule has 0 aliphatic heterocycles. The number of ether oxygens (including phenoxy) is 1. The molecule has 0 fully saturated rings. The average Bonchev–Trinajstić information content (AvgIpc) is 2.16. The zero-order valence-electron chi connectivity index (χ0n) is 9.00. The lowest BCUT2D eigenvalue weighted by atomic mass is 10.2. The Morgan fingerprint density at radius 3 is 2.67 bits per heavy atom. The Morgan fingerprint density at radius 1 is 1.47 bits per heavy atom. The highest BCUT2D eigenvalue weighted by Gasteiger charge is 2.13. The largest absolute Gasteiger partial charge is 0.459 e. The van der Waals surface area contributed by atoms with Gasteiger partial charge in [-0.15, -0.1) is 0 Å². The Morgan fingerprint density at radius 2 is 2.13 bits per heavy atom. The van der Waals surface area contributed by atoms with Crippen molar-refractivity contribution in [1.82, 2.24) is 0 Å². The molecule has 0 saturated carbocycles. The van der Waals surface area contributed by atoms with E-state index in [4.69, 9.17) is 16.3 Å². The van der Waals surface area contributed by atoms with Crippen molar-refractivity contribution in [1.29, 1.82) is 0 Å². The normalized spacial score (nSPS) is 10.2. The summed E-state index contributed by atoms with van der Waals surface area (Å²) < 4.78 is 5.10. The van der Waals surface area contributed by atoms with E-state index in [1.54, 1.807) is 25.2 Å². The summed E-state index contributed by atoms with van der Waals surface area (Å²) >= 11 is 5.82. The molecule has 0 aromatic heterocycles. The van der Waals surface area contributed by atoms with Crippen LogP contribution in [0.1, 0.15) is 24.2 Å². The summed E-state index contributed by atoms with van der Waals surface area (Å²) in [6.45, 7) is 3.61. The summed E-state index contributed by atoms with van der Waals surface area (Å²) in [5, 5.41) is 3.44. The summed E-state index contributed by atoms with van der Waals surface area (Å²) in [5.74, 6) is -0.364. The molecule has 0 spiro atoms. The second-order valence-electron chi connectivity index (χ2n) is 3.39. The molecule has 1 aromatic rings. The van der Waals surface area contributed by atoms with Crippen LogP contribution in [0.2, 0.25) is 5.02 Å². The summed E-state index contributed by atoms with van der Waals surface area (Å²) in [6.07, 6.45) is -0.138. The maximum absolute atomic E-state index is 11.7. The third-order valence-electron chi connectivity index (χ3n) is 1.81. The number of carbonyl (C=O) groups is 1. The van der Waals surface area contributed by atoms with E-state index in [1.807, 2.05) is 13.8 Å². The number of carbonyl (C=O) groups excluding carboxylic acids is 1. The predicted octanol–water partition coefficient (Wildman–Crippen LogP) is 2.95. The highest BCUT2D eigenvalue weighted by atomic mass is 35.5. The highest BCUT2D eigenvalue weighted by molar-refractivity contribution is 6.31. The van der Waals surface area contributed by atoms with Crippen LogP contribution in [0.15, 0.2) is 18.2 Å². The molecule has 0 radical (unpaired) electrons. The molecular formula is C11H14ClNO2. The average molecular weight is 228 g/mol. The Hall–Kier alpha value is -1.22. The molecule has 0 saturated heterocycles. The van der Waals surface area contributed by atoms with Crippen molar-refractivity contribution in [3.8, 4) is 0 Å². The molecule has 0 amide bonds. The number of hydrogen-bond donors (Lipinski definition) is 1. The summed E-state index contributed by atoms with van der Waals surface area (Å²) in [7, 11) is 1.75. The van der Waals surface area contributed by atoms with Gasteiger partial charge < -0.3 is 10.1 Å². The minimum absolute atomic E-state index is 0.138. The van der Waals surface area contributed by atoms with Gasteiger partial charge >= 0.3 is 5.97 Å². The van der Waals surface area contributed by atoms with Gasteiger partial charge in [0.15, 0.2) is 0 Å². The molecule has 0 heterocycles. The minimum Gasteiger partial charge on any atom is -0.459 e. The van der Waals surface area contributed by atoms with E-state index in [9.17, 15) is 4.79 Å². The Bertz CT molecular complexity index is 364. The molecule has 82 valence electrons. The number of anilines is 1. The van der Waals surface area contributed by atoms with Crippen LogP contribution in [-0.2, 0) is 4.74 Å². The molecule has 1 N–H and O–H groups in total. The Balaban J connectivity index is 3.00. The fourth-order valence-electron chi connectivity index (χ4n) is 1.18. The molecule has 0 unspecified atom stereocenters. The first kappa shape index (κ1) is 11.9. The first-order valence-corrected chi connectivity index (χ1v) is 5.10. The quantitative estimate of drug-likeness (QED) is 0.807. The van der Waals surface area contributed by atoms with Crippen LogP contribution < -0.4 is 5.32 Å². The fourth-order valence-corrected chi connectivity index (χ4v) is 1.35. The van der Waals surface area contributed by atoms with E-state index < -0.39 is 0 Å². The molecule has 0 aliphatic carbocycles. The number of benzene rings is 1. The number of hydrogen-bond acceptors (Lipinski definition) is 3. The van der Waals surface area contributed by atoms with Gasteiger partial charge in [-0.05, 0) is 32.0 Å². The third kappa shape index (κ3) is 3.13. The summed E-state index contributed by atoms with van der Waals surface area (Å²) in [5.41, 5.74) is 1.17. The lowest BCUT2D eigenvalue weighted by molar-refractivity contribution is 0.0379. The van der Waals surface area contributed by atoms with Gasteiger partial charge in [-0.2, -0.15) is 0 Å². The Labute approximate surface area is 94.4 Å². The van der Waals surface area contributed by atoms with Crippen molar-refractivity contribution in [2.45, 2.75) is 20.0 Å². The van der Waals surface area contributed by atoms with Gasteiger partial charge in [-0.3, -0.25) is 0 Å². The van der Waals surface area contributed by atoms with Crippen LogP contribution >= 0.6 is 11.6 Å². The first-order valence-electron chi connectivity index (χ1n) is 4.73. The van der Waals surface area contributed by atoms with Crippen LogP contribution in [0.25, 0.3) is 0 Å². The second-order valence-corrected chi connectivity index (χ2v) is 3.83. The third-order valence-corrected chi connectivity index (χ3v) is 2.05. The van der Waals surface area contributed by atoms with Crippen molar-refractivity contribution in [3.05, 3.63) is 28.8 Å². The lowest BCUT2D eigenvalue weighted by Crippen LogP contribution is -2.13. The van der Waals surface area contributed by atoms with Crippen LogP contribution in [0, 0.1) is 0 Å². The zero-order valence-corrected chi connectivity index (χ0v) is 9.76. The van der Waals surface area contributed by atoms with Crippen LogP contribution in [0.5, 0.6) is 0 Å². The van der Waals surface area contributed by atoms with Crippen molar-refractivity contribution in [3.63, 3.8) is 0 Å². The van der Waals surface area contributed by atoms with E-state index in [1.165, 1.54) is 0 Å². The number of esters is 1. The smallest absolute Gasteiger partial charge is 0.340 e. The topological polar surface area (TPSA) is 38.3 Å². The molecule has 0 atom stereocenters. The predicted molar refractivity (Wildman–Crippen MR) is 61.6 cm³/mol. The SMILES string of the molecule is CNc1ccc(Cl)cc1C(=O)OC(C)C. The van der Waals surface area contributed by atoms with Crippen LogP contribution in [0.3, 0.4) is 0 Å². The molecule has 4 heteroatoms. The molecule has 0 bridgehead atoms. The van der Waals surface area contributed by atoms with E-state index in [2.05, 4.69) is 5.32 Å². The van der Waals surface area contributed by atoms with Gasteiger partial charge in [-0.1, -0.05) is 11.6 Å². The van der Waals surface area contributed by atoms with Crippen molar-refractivity contribution in [2.75, 3.05) is 12.4 Å². The van der Waals surface area contributed by atoms with Gasteiger partial charge in [0.25, 0.3) is 0 Å². The van der Waals surface area contributed by atoms with Gasteiger partial charge in [-0.25, -0.2) is 4.79 Å². The standard InChI is InChI=1S/C11H14ClNO2/c1-7(2)15-11(14)9-6-8(12)4-5-10(9)13-3/h4-7,13H,1-3H3. The van der Waals surface area contributed by atoms with Gasteiger partial charge in [0.2, 0.25) is 0 Å².